The summed E-state index contributed by atoms with van der Waals surface area (Å²) in [4.78, 5) is 17.0. The minimum Gasteiger partial charge on any atom is -0.395 e. The number of nitrogens with one attached hydrogen (secondary N) is 1. The van der Waals surface area contributed by atoms with E-state index in [-0.39, 0.29) is 36.7 Å². The molecule has 0 saturated carbocycles. The van der Waals surface area contributed by atoms with Crippen molar-refractivity contribution in [1.82, 2.24) is 10.2 Å². The molecular weight excluding hydrogens is 374 g/mol. The quantitative estimate of drug-likeness (QED) is 0.825. The van der Waals surface area contributed by atoms with Crippen molar-refractivity contribution in [2.75, 3.05) is 18.1 Å². The van der Waals surface area contributed by atoms with Crippen LogP contribution in [-0.4, -0.2) is 47.3 Å². The second kappa shape index (κ2) is 7.74. The highest BCUT2D eigenvalue weighted by molar-refractivity contribution is 6.30. The first kappa shape index (κ1) is 19.2. The maximum atomic E-state index is 12.8. The zero-order chi connectivity index (χ0) is 19.8. The SMILES string of the molecule is CC(C)NC(=O)N1C[C@H]2[C@@H](c3ccccc31)[C@@H](CO)N2Cc1ccc(Cl)cc1. The Morgan fingerprint density at radius 1 is 1.21 bits per heavy atom. The van der Waals surface area contributed by atoms with Crippen LogP contribution in [0.5, 0.6) is 0 Å². The van der Waals surface area contributed by atoms with E-state index in [1.807, 2.05) is 61.2 Å². The molecule has 2 heterocycles. The Morgan fingerprint density at radius 2 is 1.93 bits per heavy atom. The Balaban J connectivity index is 1.63. The molecule has 6 heteroatoms. The van der Waals surface area contributed by atoms with Crippen molar-refractivity contribution in [2.24, 2.45) is 0 Å². The summed E-state index contributed by atoms with van der Waals surface area (Å²) in [5, 5.41) is 13.8. The number of anilines is 1. The van der Waals surface area contributed by atoms with Gasteiger partial charge in [-0.1, -0.05) is 41.9 Å². The molecule has 0 bridgehead atoms. The molecule has 3 atom stereocenters. The number of halogens is 1. The number of likely N-dealkylation sites (tertiary alicyclic amines) is 1. The number of benzene rings is 2. The number of para-hydroxylation sites is 1. The van der Waals surface area contributed by atoms with E-state index in [4.69, 9.17) is 11.6 Å². The number of nitrogens with zero attached hydrogens (tertiary/aromatic N) is 2. The van der Waals surface area contributed by atoms with Gasteiger partial charge < -0.3 is 10.4 Å². The third kappa shape index (κ3) is 3.39. The van der Waals surface area contributed by atoms with E-state index in [1.54, 1.807) is 0 Å². The van der Waals surface area contributed by atoms with Gasteiger partial charge in [-0.25, -0.2) is 4.79 Å². The first-order valence-corrected chi connectivity index (χ1v) is 10.2. The average molecular weight is 400 g/mol. The van der Waals surface area contributed by atoms with E-state index in [1.165, 1.54) is 0 Å². The number of hydrogen-bond acceptors (Lipinski definition) is 3. The molecule has 2 aliphatic heterocycles. The molecule has 2 aliphatic rings. The van der Waals surface area contributed by atoms with Crippen LogP contribution in [-0.2, 0) is 6.54 Å². The van der Waals surface area contributed by atoms with Gasteiger partial charge in [0.1, 0.15) is 0 Å². The van der Waals surface area contributed by atoms with Crippen molar-refractivity contribution in [3.05, 3.63) is 64.7 Å². The lowest BCUT2D eigenvalue weighted by Gasteiger charge is -2.59. The topological polar surface area (TPSA) is 55.8 Å². The number of carbonyl (C=O) groups is 1. The molecule has 0 radical (unpaired) electrons. The Morgan fingerprint density at radius 3 is 2.61 bits per heavy atom. The standard InChI is InChI=1S/C22H26ClN3O2/c1-14(2)24-22(28)26-12-19-21(17-5-3-4-6-18(17)26)20(13-27)25(19)11-15-7-9-16(23)10-8-15/h3-10,14,19-21,27H,11-13H2,1-2H3,(H,24,28)/t19-,20+,21+/m0/s1. The van der Waals surface area contributed by atoms with E-state index in [0.717, 1.165) is 23.4 Å². The van der Waals surface area contributed by atoms with E-state index < -0.39 is 0 Å². The van der Waals surface area contributed by atoms with Gasteiger partial charge in [-0.3, -0.25) is 9.80 Å². The number of fused-ring (bicyclic) bond motifs is 3. The number of aliphatic hydroxyl groups is 1. The fourth-order valence-corrected chi connectivity index (χ4v) is 4.64. The second-order valence-corrected chi connectivity index (χ2v) is 8.35. The normalized spacial score (nSPS) is 23.8. The maximum Gasteiger partial charge on any atom is 0.322 e. The second-order valence-electron chi connectivity index (χ2n) is 7.92. The van der Waals surface area contributed by atoms with Crippen LogP contribution in [0.3, 0.4) is 0 Å². The summed E-state index contributed by atoms with van der Waals surface area (Å²) in [6, 6.07) is 16.1. The summed E-state index contributed by atoms with van der Waals surface area (Å²) in [5.74, 6) is 0.233. The fraction of sp³-hybridized carbons (Fsp3) is 0.409. The molecule has 2 aromatic rings. The van der Waals surface area contributed by atoms with Crippen molar-refractivity contribution < 1.29 is 9.90 Å². The Labute approximate surface area is 170 Å². The van der Waals surface area contributed by atoms with Gasteiger partial charge in [0.2, 0.25) is 0 Å². The molecule has 2 aromatic carbocycles. The van der Waals surface area contributed by atoms with Gasteiger partial charge in [0.05, 0.1) is 6.61 Å². The van der Waals surface area contributed by atoms with E-state index in [2.05, 4.69) is 16.3 Å². The van der Waals surface area contributed by atoms with Crippen molar-refractivity contribution in [3.8, 4) is 0 Å². The minimum absolute atomic E-state index is 0.0529. The van der Waals surface area contributed by atoms with E-state index >= 15 is 0 Å². The van der Waals surface area contributed by atoms with Gasteiger partial charge in [0.15, 0.2) is 0 Å². The third-order valence-corrected chi connectivity index (χ3v) is 6.01. The number of hydrogen-bond donors (Lipinski definition) is 2. The molecular formula is C22H26ClN3O2. The summed E-state index contributed by atoms with van der Waals surface area (Å²) in [6.45, 7) is 5.38. The lowest BCUT2D eigenvalue weighted by atomic mass is 9.72. The lowest BCUT2D eigenvalue weighted by molar-refractivity contribution is -0.0485. The van der Waals surface area contributed by atoms with Gasteiger partial charge >= 0.3 is 6.03 Å². The van der Waals surface area contributed by atoms with Crippen LogP contribution < -0.4 is 10.2 Å². The summed E-state index contributed by atoms with van der Waals surface area (Å²) < 4.78 is 0. The Bertz CT molecular complexity index is 855. The van der Waals surface area contributed by atoms with Crippen LogP contribution in [0, 0.1) is 0 Å². The third-order valence-electron chi connectivity index (χ3n) is 5.76. The minimum atomic E-state index is -0.0696. The molecule has 5 nitrogen and oxygen atoms in total. The zero-order valence-electron chi connectivity index (χ0n) is 16.2. The van der Waals surface area contributed by atoms with Gasteiger partial charge in [-0.05, 0) is 43.2 Å². The zero-order valence-corrected chi connectivity index (χ0v) is 16.9. The van der Waals surface area contributed by atoms with Crippen molar-refractivity contribution in [2.45, 2.75) is 44.4 Å². The molecule has 2 N–H and O–H groups in total. The number of aliphatic hydroxyl groups excluding tert-OH is 1. The van der Waals surface area contributed by atoms with E-state index in [9.17, 15) is 9.90 Å². The molecule has 0 unspecified atom stereocenters. The molecule has 148 valence electrons. The highest BCUT2D eigenvalue weighted by atomic mass is 35.5. The van der Waals surface area contributed by atoms with Crippen LogP contribution in [0.25, 0.3) is 0 Å². The molecule has 2 amide bonds. The van der Waals surface area contributed by atoms with Gasteiger partial charge in [0, 0.05) is 47.8 Å². The molecule has 28 heavy (non-hydrogen) atoms. The van der Waals surface area contributed by atoms with Crippen LogP contribution in [0.15, 0.2) is 48.5 Å². The summed E-state index contributed by atoms with van der Waals surface area (Å²) in [7, 11) is 0. The predicted octanol–water partition coefficient (Wildman–Crippen LogP) is 3.61. The van der Waals surface area contributed by atoms with Crippen LogP contribution in [0.1, 0.15) is 30.9 Å². The van der Waals surface area contributed by atoms with E-state index in [0.29, 0.717) is 11.6 Å². The first-order valence-electron chi connectivity index (χ1n) is 9.77. The van der Waals surface area contributed by atoms with Crippen molar-refractivity contribution in [3.63, 3.8) is 0 Å². The average Bonchev–Trinajstić information content (AvgIpc) is 2.66. The first-order chi connectivity index (χ1) is 13.5. The van der Waals surface area contributed by atoms with Crippen LogP contribution in [0.4, 0.5) is 10.5 Å². The van der Waals surface area contributed by atoms with Crippen molar-refractivity contribution >= 4 is 23.3 Å². The summed E-state index contributed by atoms with van der Waals surface area (Å²) in [6.07, 6.45) is 0. The fourth-order valence-electron chi connectivity index (χ4n) is 4.52. The van der Waals surface area contributed by atoms with Gasteiger partial charge in [-0.15, -0.1) is 0 Å². The highest BCUT2D eigenvalue weighted by Crippen LogP contribution is 2.48. The highest BCUT2D eigenvalue weighted by Gasteiger charge is 2.53. The number of urea groups is 1. The largest absolute Gasteiger partial charge is 0.395 e. The van der Waals surface area contributed by atoms with Crippen LogP contribution in [0.2, 0.25) is 5.02 Å². The molecule has 1 saturated heterocycles. The molecule has 1 fully saturated rings. The molecule has 0 aromatic heterocycles. The summed E-state index contributed by atoms with van der Waals surface area (Å²) >= 11 is 6.01. The Kier molecular flexibility index (Phi) is 5.32. The Hall–Kier alpha value is -2.08. The molecule has 0 spiro atoms. The number of rotatable bonds is 4. The van der Waals surface area contributed by atoms with Gasteiger partial charge in [0.25, 0.3) is 0 Å². The smallest absolute Gasteiger partial charge is 0.322 e. The maximum absolute atomic E-state index is 12.8. The molecule has 4 rings (SSSR count). The van der Waals surface area contributed by atoms with Gasteiger partial charge in [-0.2, -0.15) is 0 Å². The number of amides is 2. The van der Waals surface area contributed by atoms with Crippen molar-refractivity contribution in [1.29, 1.82) is 0 Å². The monoisotopic (exact) mass is 399 g/mol. The van der Waals surface area contributed by atoms with Crippen LogP contribution >= 0.6 is 11.6 Å². The summed E-state index contributed by atoms with van der Waals surface area (Å²) in [5.41, 5.74) is 3.24. The number of carbonyl (C=O) groups excluding carboxylic acids is 1. The lowest BCUT2D eigenvalue weighted by Crippen LogP contribution is -2.69. The predicted molar refractivity (Wildman–Crippen MR) is 112 cm³/mol. The molecule has 0 aliphatic carbocycles.